The minimum atomic E-state index is -3.73. The van der Waals surface area contributed by atoms with Crippen LogP contribution in [0.4, 0.5) is 11.4 Å². The SMILES string of the molecule is Cc1ccc(S(=O)(=O)N2CCCC(N3CCN(c4ccc(C(=O)OC(C)(C)C)c(Oc5cnc6c(ccn6COCC[Si](C)(C)C)c5)c4)CC3)c3ccccc32)cc1. The Hall–Kier alpha value is -4.69. The highest BCUT2D eigenvalue weighted by Gasteiger charge is 2.34. The fourth-order valence-electron chi connectivity index (χ4n) is 7.64. The van der Waals surface area contributed by atoms with E-state index in [1.165, 1.54) is 0 Å². The van der Waals surface area contributed by atoms with Gasteiger partial charge in [-0.25, -0.2) is 18.2 Å². The van der Waals surface area contributed by atoms with Gasteiger partial charge in [0.2, 0.25) is 0 Å². The summed E-state index contributed by atoms with van der Waals surface area (Å²) in [7, 11) is -4.91. The Labute approximate surface area is 344 Å². The number of sulfonamides is 1. The summed E-state index contributed by atoms with van der Waals surface area (Å²) in [5.74, 6) is 0.458. The molecule has 1 saturated heterocycles. The maximum atomic E-state index is 14.0. The van der Waals surface area contributed by atoms with E-state index in [9.17, 15) is 13.2 Å². The van der Waals surface area contributed by atoms with Crippen LogP contribution < -0.4 is 13.9 Å². The zero-order valence-electron chi connectivity index (χ0n) is 34.9. The van der Waals surface area contributed by atoms with Crippen LogP contribution in [-0.4, -0.2) is 81.8 Å². The summed E-state index contributed by atoms with van der Waals surface area (Å²) < 4.78 is 49.8. The van der Waals surface area contributed by atoms with E-state index in [4.69, 9.17) is 19.2 Å². The number of hydrogen-bond donors (Lipinski definition) is 0. The predicted molar refractivity (Wildman–Crippen MR) is 233 cm³/mol. The van der Waals surface area contributed by atoms with Gasteiger partial charge in [-0.1, -0.05) is 55.5 Å². The summed E-state index contributed by atoms with van der Waals surface area (Å²) in [6.45, 7) is 19.2. The van der Waals surface area contributed by atoms with Gasteiger partial charge in [-0.15, -0.1) is 0 Å². The third kappa shape index (κ3) is 9.60. The topological polar surface area (TPSA) is 106 Å². The fourth-order valence-corrected chi connectivity index (χ4v) is 9.92. The second-order valence-corrected chi connectivity index (χ2v) is 25.1. The molecular weight excluding hydrogens is 767 g/mol. The molecule has 1 fully saturated rings. The first kappa shape index (κ1) is 41.5. The molecule has 11 nitrogen and oxygen atoms in total. The first-order chi connectivity index (χ1) is 27.6. The molecule has 0 aliphatic carbocycles. The van der Waals surface area contributed by atoms with Crippen LogP contribution in [0.3, 0.4) is 0 Å². The molecule has 1 atom stereocenters. The monoisotopic (exact) mass is 823 g/mol. The highest BCUT2D eigenvalue weighted by atomic mass is 32.2. The molecule has 58 heavy (non-hydrogen) atoms. The number of carbonyl (C=O) groups excluding carboxylic acids is 1. The third-order valence-corrected chi connectivity index (χ3v) is 14.3. The van der Waals surface area contributed by atoms with Crippen LogP contribution in [0.2, 0.25) is 25.7 Å². The van der Waals surface area contributed by atoms with Gasteiger partial charge in [-0.2, -0.15) is 0 Å². The standard InChI is InChI=1S/C45H57N5O6SSi/c1-33-14-17-37(18-15-33)57(52,53)50-21-10-13-40(38-11-8-9-12-41(38)50)48-25-23-47(24-26-48)35-16-19-39(44(51)56-45(2,3)4)42(30-35)55-36-29-34-20-22-49(43(34)46-31-36)32-54-27-28-58(5,6)7/h8-9,11-12,14-20,22,29-31,40H,10,13,21,23-28,32H2,1-7H3. The average molecular weight is 824 g/mol. The largest absolute Gasteiger partial charge is 0.456 e. The van der Waals surface area contributed by atoms with Crippen molar-refractivity contribution in [3.05, 3.63) is 108 Å². The number of carbonyl (C=O) groups is 1. The lowest BCUT2D eigenvalue weighted by atomic mass is 9.99. The Kier molecular flexibility index (Phi) is 12.1. The van der Waals surface area contributed by atoms with Crippen LogP contribution in [0.15, 0.2) is 96.2 Å². The van der Waals surface area contributed by atoms with Crippen molar-refractivity contribution in [1.29, 1.82) is 0 Å². The number of aromatic nitrogens is 2. The van der Waals surface area contributed by atoms with Crippen molar-refractivity contribution in [1.82, 2.24) is 14.5 Å². The number of pyridine rings is 1. The van der Waals surface area contributed by atoms with E-state index in [0.717, 1.165) is 85.2 Å². The Morgan fingerprint density at radius 3 is 2.38 bits per heavy atom. The normalized spacial score (nSPS) is 16.9. The van der Waals surface area contributed by atoms with Crippen molar-refractivity contribution in [3.63, 3.8) is 0 Å². The van der Waals surface area contributed by atoms with Gasteiger partial charge in [0.1, 0.15) is 35.0 Å². The molecule has 0 amide bonds. The van der Waals surface area contributed by atoms with E-state index in [2.05, 4.69) is 35.5 Å². The van der Waals surface area contributed by atoms with Gasteiger partial charge in [0.15, 0.2) is 0 Å². The minimum absolute atomic E-state index is 0.0824. The van der Waals surface area contributed by atoms with E-state index in [-0.39, 0.29) is 6.04 Å². The zero-order chi connectivity index (χ0) is 41.2. The number of nitrogens with zero attached hydrogens (tertiary/aromatic N) is 5. The molecule has 0 spiro atoms. The Morgan fingerprint density at radius 2 is 1.66 bits per heavy atom. The van der Waals surface area contributed by atoms with Crippen molar-refractivity contribution in [2.75, 3.05) is 48.5 Å². The molecule has 3 aromatic carbocycles. The van der Waals surface area contributed by atoms with Crippen LogP contribution in [0, 0.1) is 6.92 Å². The zero-order valence-corrected chi connectivity index (χ0v) is 36.7. The molecule has 7 rings (SSSR count). The molecule has 13 heteroatoms. The van der Waals surface area contributed by atoms with E-state index < -0.39 is 29.7 Å². The number of ether oxygens (including phenoxy) is 3. The van der Waals surface area contributed by atoms with E-state index in [0.29, 0.717) is 35.2 Å². The minimum Gasteiger partial charge on any atom is -0.456 e. The summed E-state index contributed by atoms with van der Waals surface area (Å²) in [5.41, 5.74) is 4.21. The van der Waals surface area contributed by atoms with Crippen LogP contribution in [0.1, 0.15) is 61.1 Å². The highest BCUT2D eigenvalue weighted by Crippen LogP contribution is 2.40. The van der Waals surface area contributed by atoms with Crippen molar-refractivity contribution in [2.45, 2.75) is 89.5 Å². The Balaban J connectivity index is 1.08. The van der Waals surface area contributed by atoms with Gasteiger partial charge < -0.3 is 23.7 Å². The Bertz CT molecular complexity index is 2340. The van der Waals surface area contributed by atoms with Gasteiger partial charge in [0.05, 0.1) is 16.8 Å². The fraction of sp³-hybridized carbons (Fsp3) is 0.422. The average Bonchev–Trinajstić information content (AvgIpc) is 3.46. The predicted octanol–water partition coefficient (Wildman–Crippen LogP) is 9.26. The van der Waals surface area contributed by atoms with Gasteiger partial charge in [0, 0.05) is 76.8 Å². The number of rotatable bonds is 12. The van der Waals surface area contributed by atoms with Crippen molar-refractivity contribution in [3.8, 4) is 11.5 Å². The molecule has 0 saturated carbocycles. The molecule has 2 aliphatic heterocycles. The number of hydrogen-bond acceptors (Lipinski definition) is 9. The van der Waals surface area contributed by atoms with E-state index in [1.807, 2.05) is 93.1 Å². The van der Waals surface area contributed by atoms with Crippen LogP contribution in [0.5, 0.6) is 11.5 Å². The van der Waals surface area contributed by atoms with Gasteiger partial charge in [0.25, 0.3) is 10.0 Å². The lowest BCUT2D eigenvalue weighted by Gasteiger charge is -2.40. The summed E-state index contributed by atoms with van der Waals surface area (Å²) in [6.07, 6.45) is 5.25. The van der Waals surface area contributed by atoms with Crippen LogP contribution >= 0.6 is 0 Å². The second kappa shape index (κ2) is 16.9. The number of esters is 1. The number of benzene rings is 3. The van der Waals surface area contributed by atoms with E-state index in [1.54, 1.807) is 28.7 Å². The van der Waals surface area contributed by atoms with Gasteiger partial charge in [-0.3, -0.25) is 9.21 Å². The van der Waals surface area contributed by atoms with Crippen LogP contribution in [0.25, 0.3) is 11.0 Å². The molecule has 2 aliphatic rings. The summed E-state index contributed by atoms with van der Waals surface area (Å²) in [6, 6.07) is 25.8. The molecule has 0 bridgehead atoms. The molecule has 4 heterocycles. The molecule has 2 aromatic heterocycles. The maximum Gasteiger partial charge on any atom is 0.342 e. The number of piperazine rings is 1. The first-order valence-electron chi connectivity index (χ1n) is 20.3. The second-order valence-electron chi connectivity index (χ2n) is 17.6. The lowest BCUT2D eigenvalue weighted by Crippen LogP contribution is -2.47. The summed E-state index contributed by atoms with van der Waals surface area (Å²) in [4.78, 5) is 23.3. The molecule has 308 valence electrons. The van der Waals surface area contributed by atoms with Gasteiger partial charge >= 0.3 is 5.97 Å². The number of anilines is 2. The molecule has 0 radical (unpaired) electrons. The first-order valence-corrected chi connectivity index (χ1v) is 25.5. The smallest absolute Gasteiger partial charge is 0.342 e. The maximum absolute atomic E-state index is 14.0. The third-order valence-electron chi connectivity index (χ3n) is 10.7. The summed E-state index contributed by atoms with van der Waals surface area (Å²) in [5, 5.41) is 0.911. The molecule has 0 N–H and O–H groups in total. The van der Waals surface area contributed by atoms with Crippen molar-refractivity contribution < 1.29 is 27.4 Å². The highest BCUT2D eigenvalue weighted by molar-refractivity contribution is 7.92. The van der Waals surface area contributed by atoms with Crippen LogP contribution in [-0.2, 0) is 26.2 Å². The van der Waals surface area contributed by atoms with Crippen molar-refractivity contribution in [2.24, 2.45) is 0 Å². The number of aryl methyl sites for hydroxylation is 1. The number of fused-ring (bicyclic) bond motifs is 2. The molecule has 5 aromatic rings. The van der Waals surface area contributed by atoms with Crippen molar-refractivity contribution >= 4 is 46.5 Å². The molecular formula is C45H57N5O6SSi. The quantitative estimate of drug-likeness (QED) is 0.0692. The lowest BCUT2D eigenvalue weighted by molar-refractivity contribution is 0.00671. The van der Waals surface area contributed by atoms with E-state index >= 15 is 0 Å². The van der Waals surface area contributed by atoms with Gasteiger partial charge in [-0.05, 0) is 94.6 Å². The molecule has 1 unspecified atom stereocenters. The Morgan fingerprint density at radius 1 is 0.914 bits per heavy atom. The number of para-hydroxylation sites is 1. The summed E-state index contributed by atoms with van der Waals surface area (Å²) >= 11 is 0.